The molecule has 24 heavy (non-hydrogen) atoms. The van der Waals surface area contributed by atoms with E-state index in [9.17, 15) is 0 Å². The van der Waals surface area contributed by atoms with Crippen LogP contribution in [-0.4, -0.2) is 45.9 Å². The average molecular weight is 443 g/mol. The summed E-state index contributed by atoms with van der Waals surface area (Å²) in [6.45, 7) is 5.37. The number of methoxy groups -OCH3 is 1. The fraction of sp³-hybridized carbons (Fsp3) is 0.389. The first-order valence-electron chi connectivity index (χ1n) is 7.97. The van der Waals surface area contributed by atoms with Crippen LogP contribution in [0.3, 0.4) is 0 Å². The molecule has 0 aliphatic carbocycles. The number of benzene rings is 2. The van der Waals surface area contributed by atoms with E-state index in [1.807, 2.05) is 31.2 Å². The van der Waals surface area contributed by atoms with Gasteiger partial charge in [-0.3, -0.25) is 4.99 Å². The predicted octanol–water partition coefficient (Wildman–Crippen LogP) is 3.04. The molecule has 2 rings (SSSR count). The topological polar surface area (TPSA) is 54.9 Å². The molecular weight excluding hydrogens is 417 g/mol. The van der Waals surface area contributed by atoms with E-state index in [0.717, 1.165) is 23.6 Å². The normalized spacial score (nSPS) is 11.0. The summed E-state index contributed by atoms with van der Waals surface area (Å²) < 4.78 is 10.9. The molecule has 2 aromatic rings. The molecule has 0 aliphatic rings. The number of hydrogen-bond acceptors (Lipinski definition) is 3. The van der Waals surface area contributed by atoms with Crippen LogP contribution in [0.15, 0.2) is 47.5 Å². The van der Waals surface area contributed by atoms with Crippen LogP contribution in [0.25, 0.3) is 10.8 Å². The van der Waals surface area contributed by atoms with E-state index >= 15 is 0 Å². The zero-order valence-electron chi connectivity index (χ0n) is 14.2. The van der Waals surface area contributed by atoms with E-state index in [1.165, 1.54) is 5.39 Å². The quantitative estimate of drug-likeness (QED) is 0.285. The lowest BCUT2D eigenvalue weighted by atomic mass is 10.1. The fourth-order valence-electron chi connectivity index (χ4n) is 2.24. The molecule has 0 aromatic heterocycles. The number of nitrogens with one attached hydrogen (secondary N) is 2. The largest absolute Gasteiger partial charge is 0.491 e. The van der Waals surface area contributed by atoms with Crippen molar-refractivity contribution in [3.8, 4) is 5.75 Å². The van der Waals surface area contributed by atoms with Crippen molar-refractivity contribution in [3.05, 3.63) is 42.5 Å². The third-order valence-corrected chi connectivity index (χ3v) is 3.31. The van der Waals surface area contributed by atoms with Gasteiger partial charge in [-0.2, -0.15) is 0 Å². The van der Waals surface area contributed by atoms with E-state index in [4.69, 9.17) is 9.47 Å². The van der Waals surface area contributed by atoms with Crippen LogP contribution in [-0.2, 0) is 4.74 Å². The molecule has 0 saturated carbocycles. The summed E-state index contributed by atoms with van der Waals surface area (Å²) in [5.74, 6) is 1.69. The Morgan fingerprint density at radius 2 is 1.83 bits per heavy atom. The van der Waals surface area contributed by atoms with Crippen molar-refractivity contribution in [2.75, 3.05) is 40.0 Å². The minimum absolute atomic E-state index is 0. The maximum Gasteiger partial charge on any atom is 0.191 e. The molecule has 0 radical (unpaired) electrons. The van der Waals surface area contributed by atoms with Crippen LogP contribution < -0.4 is 15.4 Å². The van der Waals surface area contributed by atoms with Crippen molar-refractivity contribution in [3.63, 3.8) is 0 Å². The van der Waals surface area contributed by atoms with Gasteiger partial charge in [0.2, 0.25) is 0 Å². The molecule has 0 aliphatic heterocycles. The lowest BCUT2D eigenvalue weighted by Crippen LogP contribution is -2.39. The molecule has 0 amide bonds. The number of hydrogen-bond donors (Lipinski definition) is 2. The van der Waals surface area contributed by atoms with Crippen molar-refractivity contribution < 1.29 is 9.47 Å². The molecule has 6 heteroatoms. The fourth-order valence-corrected chi connectivity index (χ4v) is 2.24. The second kappa shape index (κ2) is 11.9. The summed E-state index contributed by atoms with van der Waals surface area (Å²) in [4.78, 5) is 4.41. The van der Waals surface area contributed by atoms with Crippen LogP contribution in [0.1, 0.15) is 6.92 Å². The summed E-state index contributed by atoms with van der Waals surface area (Å²) in [6, 6.07) is 14.3. The Labute approximate surface area is 160 Å². The van der Waals surface area contributed by atoms with E-state index < -0.39 is 0 Å². The highest BCUT2D eigenvalue weighted by molar-refractivity contribution is 14.0. The van der Waals surface area contributed by atoms with Gasteiger partial charge >= 0.3 is 0 Å². The molecule has 2 aromatic carbocycles. The maximum absolute atomic E-state index is 5.90. The van der Waals surface area contributed by atoms with Crippen molar-refractivity contribution in [2.45, 2.75) is 6.92 Å². The minimum atomic E-state index is 0. The van der Waals surface area contributed by atoms with Gasteiger partial charge in [-0.25, -0.2) is 0 Å². The zero-order chi connectivity index (χ0) is 16.3. The number of ether oxygens (including phenoxy) is 2. The molecule has 0 bridgehead atoms. The van der Waals surface area contributed by atoms with Gasteiger partial charge in [0.15, 0.2) is 5.96 Å². The Morgan fingerprint density at radius 3 is 2.62 bits per heavy atom. The SMILES string of the molecule is CCNC(=NCCOC)NCCOc1cccc2ccccc12.I. The monoisotopic (exact) mass is 443 g/mol. The Bertz CT molecular complexity index is 629. The zero-order valence-corrected chi connectivity index (χ0v) is 16.6. The summed E-state index contributed by atoms with van der Waals surface area (Å²) in [5, 5.41) is 8.78. The van der Waals surface area contributed by atoms with E-state index in [1.54, 1.807) is 7.11 Å². The molecule has 5 nitrogen and oxygen atoms in total. The van der Waals surface area contributed by atoms with Gasteiger partial charge in [-0.05, 0) is 18.4 Å². The van der Waals surface area contributed by atoms with Crippen LogP contribution in [0.2, 0.25) is 0 Å². The van der Waals surface area contributed by atoms with E-state index in [-0.39, 0.29) is 24.0 Å². The average Bonchev–Trinajstić information content (AvgIpc) is 2.59. The van der Waals surface area contributed by atoms with Gasteiger partial charge in [0.1, 0.15) is 12.4 Å². The first kappa shape index (κ1) is 20.5. The third kappa shape index (κ3) is 6.52. The summed E-state index contributed by atoms with van der Waals surface area (Å²) in [6.07, 6.45) is 0. The number of fused-ring (bicyclic) bond motifs is 1. The number of aliphatic imine (C=N–C) groups is 1. The Kier molecular flexibility index (Phi) is 10.2. The molecule has 132 valence electrons. The number of halogens is 1. The highest BCUT2D eigenvalue weighted by Crippen LogP contribution is 2.24. The highest BCUT2D eigenvalue weighted by atomic mass is 127. The smallest absolute Gasteiger partial charge is 0.191 e. The van der Waals surface area contributed by atoms with Gasteiger partial charge < -0.3 is 20.1 Å². The molecule has 0 atom stereocenters. The molecule has 0 fully saturated rings. The lowest BCUT2D eigenvalue weighted by molar-refractivity contribution is 0.208. The molecule has 0 heterocycles. The van der Waals surface area contributed by atoms with Crippen LogP contribution in [0.5, 0.6) is 5.75 Å². The van der Waals surface area contributed by atoms with Crippen molar-refractivity contribution >= 4 is 40.7 Å². The Hall–Kier alpha value is -1.54. The molecule has 0 spiro atoms. The summed E-state index contributed by atoms with van der Waals surface area (Å²) in [5.41, 5.74) is 0. The number of rotatable bonds is 8. The van der Waals surface area contributed by atoms with Crippen LogP contribution in [0, 0.1) is 0 Å². The van der Waals surface area contributed by atoms with Gasteiger partial charge in [-0.15, -0.1) is 24.0 Å². The van der Waals surface area contributed by atoms with Gasteiger partial charge in [-0.1, -0.05) is 36.4 Å². The van der Waals surface area contributed by atoms with Gasteiger partial charge in [0.25, 0.3) is 0 Å². The standard InChI is InChI=1S/C18H25N3O2.HI/c1-3-19-18(20-11-13-22-2)21-12-14-23-17-10-6-8-15-7-4-5-9-16(15)17;/h4-10H,3,11-14H2,1-2H3,(H2,19,20,21);1H. The minimum Gasteiger partial charge on any atom is -0.491 e. The molecule has 0 unspecified atom stereocenters. The number of nitrogens with zero attached hydrogens (tertiary/aromatic N) is 1. The molecule has 0 saturated heterocycles. The van der Waals surface area contributed by atoms with Crippen molar-refractivity contribution in [2.24, 2.45) is 4.99 Å². The van der Waals surface area contributed by atoms with E-state index in [2.05, 4.69) is 33.8 Å². The first-order valence-corrected chi connectivity index (χ1v) is 7.97. The second-order valence-electron chi connectivity index (χ2n) is 5.01. The number of guanidine groups is 1. The molecule has 2 N–H and O–H groups in total. The summed E-state index contributed by atoms with van der Waals surface area (Å²) in [7, 11) is 1.67. The van der Waals surface area contributed by atoms with Crippen LogP contribution >= 0.6 is 24.0 Å². The highest BCUT2D eigenvalue weighted by Gasteiger charge is 2.01. The maximum atomic E-state index is 5.90. The second-order valence-corrected chi connectivity index (χ2v) is 5.01. The van der Waals surface area contributed by atoms with Gasteiger partial charge in [0, 0.05) is 19.0 Å². The van der Waals surface area contributed by atoms with E-state index in [0.29, 0.717) is 26.3 Å². The predicted molar refractivity (Wildman–Crippen MR) is 111 cm³/mol. The lowest BCUT2D eigenvalue weighted by Gasteiger charge is -2.13. The Morgan fingerprint density at radius 1 is 1.04 bits per heavy atom. The van der Waals surface area contributed by atoms with Crippen LogP contribution in [0.4, 0.5) is 0 Å². The summed E-state index contributed by atoms with van der Waals surface area (Å²) >= 11 is 0. The van der Waals surface area contributed by atoms with Gasteiger partial charge in [0.05, 0.1) is 19.7 Å². The van der Waals surface area contributed by atoms with Crippen molar-refractivity contribution in [1.82, 2.24) is 10.6 Å². The first-order chi connectivity index (χ1) is 11.3. The molecular formula is C18H26IN3O2. The third-order valence-electron chi connectivity index (χ3n) is 3.31. The van der Waals surface area contributed by atoms with Crippen molar-refractivity contribution in [1.29, 1.82) is 0 Å². The Balaban J connectivity index is 0.00000288.